The van der Waals surface area contributed by atoms with Crippen molar-refractivity contribution < 1.29 is 19.1 Å². The van der Waals surface area contributed by atoms with Gasteiger partial charge in [-0.3, -0.25) is 4.79 Å². The minimum Gasteiger partial charge on any atom is -0.465 e. The standard InChI is InChI=1S/C21H22N4O4S/c1-28-12-15-18(23-24-25(15)13-8-4-3-5-9-13)19(26)22-20-17(21(27)29-2)14-10-6-7-11-16(14)30-20/h3-5,8-9H,6-7,10-12H2,1-2H3,(H,22,26). The lowest BCUT2D eigenvalue weighted by molar-refractivity contribution is 0.0601. The molecule has 9 heteroatoms. The van der Waals surface area contributed by atoms with Gasteiger partial charge >= 0.3 is 5.97 Å². The minimum absolute atomic E-state index is 0.155. The van der Waals surface area contributed by atoms with Crippen LogP contribution in [0.2, 0.25) is 0 Å². The number of carbonyl (C=O) groups excluding carboxylic acids is 2. The van der Waals surface area contributed by atoms with Gasteiger partial charge in [0.25, 0.3) is 5.91 Å². The SMILES string of the molecule is COCc1c(C(=O)Nc2sc3c(c2C(=O)OC)CCCC3)nnn1-c1ccccc1. The van der Waals surface area contributed by atoms with Gasteiger partial charge in [-0.1, -0.05) is 23.4 Å². The van der Waals surface area contributed by atoms with E-state index in [4.69, 9.17) is 9.47 Å². The van der Waals surface area contributed by atoms with E-state index in [9.17, 15) is 9.59 Å². The lowest BCUT2D eigenvalue weighted by atomic mass is 9.95. The van der Waals surface area contributed by atoms with Crippen LogP contribution in [-0.4, -0.2) is 41.1 Å². The number of anilines is 1. The van der Waals surface area contributed by atoms with Crippen molar-refractivity contribution in [2.75, 3.05) is 19.5 Å². The first-order chi connectivity index (χ1) is 14.6. The Morgan fingerprint density at radius 1 is 1.17 bits per heavy atom. The summed E-state index contributed by atoms with van der Waals surface area (Å²) in [5, 5.41) is 11.6. The van der Waals surface area contributed by atoms with Gasteiger partial charge in [0.2, 0.25) is 0 Å². The first-order valence-electron chi connectivity index (χ1n) is 9.67. The maximum atomic E-state index is 13.1. The Hall–Kier alpha value is -3.04. The summed E-state index contributed by atoms with van der Waals surface area (Å²) < 4.78 is 11.8. The Morgan fingerprint density at radius 3 is 2.67 bits per heavy atom. The fourth-order valence-corrected chi connectivity index (χ4v) is 4.93. The minimum atomic E-state index is -0.437. The zero-order valence-corrected chi connectivity index (χ0v) is 17.6. The number of methoxy groups -OCH3 is 2. The zero-order valence-electron chi connectivity index (χ0n) is 16.8. The summed E-state index contributed by atoms with van der Waals surface area (Å²) in [5.41, 5.74) is 2.90. The van der Waals surface area contributed by atoms with Crippen molar-refractivity contribution in [2.24, 2.45) is 0 Å². The van der Waals surface area contributed by atoms with Crippen LogP contribution in [0.1, 0.15) is 49.8 Å². The fourth-order valence-electron chi connectivity index (χ4n) is 3.66. The second-order valence-corrected chi connectivity index (χ2v) is 8.03. The molecule has 1 aromatic carbocycles. The van der Waals surface area contributed by atoms with E-state index in [0.29, 0.717) is 16.3 Å². The van der Waals surface area contributed by atoms with Gasteiger partial charge in [0, 0.05) is 12.0 Å². The molecule has 0 saturated carbocycles. The van der Waals surface area contributed by atoms with Crippen molar-refractivity contribution >= 4 is 28.2 Å². The van der Waals surface area contributed by atoms with E-state index in [-0.39, 0.29) is 12.3 Å². The smallest absolute Gasteiger partial charge is 0.341 e. The summed E-state index contributed by atoms with van der Waals surface area (Å²) in [6.07, 6.45) is 3.81. The predicted molar refractivity (Wildman–Crippen MR) is 112 cm³/mol. The quantitative estimate of drug-likeness (QED) is 0.607. The van der Waals surface area contributed by atoms with E-state index in [0.717, 1.165) is 41.8 Å². The van der Waals surface area contributed by atoms with Crippen LogP contribution in [0.3, 0.4) is 0 Å². The highest BCUT2D eigenvalue weighted by molar-refractivity contribution is 7.17. The van der Waals surface area contributed by atoms with Crippen LogP contribution >= 0.6 is 11.3 Å². The maximum absolute atomic E-state index is 13.1. The summed E-state index contributed by atoms with van der Waals surface area (Å²) in [4.78, 5) is 26.7. The van der Waals surface area contributed by atoms with Crippen LogP contribution in [0.5, 0.6) is 0 Å². The molecular weight excluding hydrogens is 404 g/mol. The average Bonchev–Trinajstić information content (AvgIpc) is 3.35. The molecule has 0 aliphatic heterocycles. The number of hydrogen-bond acceptors (Lipinski definition) is 7. The van der Waals surface area contributed by atoms with Crippen LogP contribution in [0.15, 0.2) is 30.3 Å². The maximum Gasteiger partial charge on any atom is 0.341 e. The Bertz CT molecular complexity index is 1070. The van der Waals surface area contributed by atoms with Crippen LogP contribution < -0.4 is 5.32 Å². The number of ether oxygens (including phenoxy) is 2. The molecule has 2 heterocycles. The molecule has 1 N–H and O–H groups in total. The molecule has 0 fully saturated rings. The summed E-state index contributed by atoms with van der Waals surface area (Å²) in [5.74, 6) is -0.872. The highest BCUT2D eigenvalue weighted by Crippen LogP contribution is 2.38. The number of aryl methyl sites for hydroxylation is 1. The van der Waals surface area contributed by atoms with Gasteiger partial charge in [0.05, 0.1) is 25.0 Å². The van der Waals surface area contributed by atoms with Crippen LogP contribution in [0, 0.1) is 0 Å². The van der Waals surface area contributed by atoms with E-state index in [1.54, 1.807) is 11.8 Å². The van der Waals surface area contributed by atoms with E-state index in [1.165, 1.54) is 18.4 Å². The Balaban J connectivity index is 1.69. The van der Waals surface area contributed by atoms with Gasteiger partial charge in [0.15, 0.2) is 5.69 Å². The first kappa shape index (κ1) is 20.2. The van der Waals surface area contributed by atoms with Crippen molar-refractivity contribution in [3.63, 3.8) is 0 Å². The fraction of sp³-hybridized carbons (Fsp3) is 0.333. The number of fused-ring (bicyclic) bond motifs is 1. The normalized spacial score (nSPS) is 13.0. The third-order valence-electron chi connectivity index (χ3n) is 5.05. The zero-order chi connectivity index (χ0) is 21.1. The van der Waals surface area contributed by atoms with Crippen molar-refractivity contribution in [2.45, 2.75) is 32.3 Å². The van der Waals surface area contributed by atoms with E-state index in [1.807, 2.05) is 30.3 Å². The number of amides is 1. The van der Waals surface area contributed by atoms with Crippen molar-refractivity contribution in [1.82, 2.24) is 15.0 Å². The summed E-state index contributed by atoms with van der Waals surface area (Å²) in [7, 11) is 2.90. The summed E-state index contributed by atoms with van der Waals surface area (Å²) in [6.45, 7) is 0.162. The molecule has 0 atom stereocenters. The van der Waals surface area contributed by atoms with Gasteiger partial charge in [0.1, 0.15) is 10.7 Å². The molecule has 3 aromatic rings. The van der Waals surface area contributed by atoms with Crippen LogP contribution in [-0.2, 0) is 28.9 Å². The molecule has 0 radical (unpaired) electrons. The highest BCUT2D eigenvalue weighted by atomic mass is 32.1. The molecule has 0 bridgehead atoms. The molecule has 156 valence electrons. The number of benzene rings is 1. The lowest BCUT2D eigenvalue weighted by Gasteiger charge is -2.11. The highest BCUT2D eigenvalue weighted by Gasteiger charge is 2.29. The van der Waals surface area contributed by atoms with Crippen molar-refractivity contribution in [1.29, 1.82) is 0 Å². The van der Waals surface area contributed by atoms with Crippen LogP contribution in [0.25, 0.3) is 5.69 Å². The number of para-hydroxylation sites is 1. The van der Waals surface area contributed by atoms with Crippen molar-refractivity contribution in [3.8, 4) is 5.69 Å². The molecule has 0 saturated heterocycles. The number of thiophene rings is 1. The van der Waals surface area contributed by atoms with Gasteiger partial charge < -0.3 is 14.8 Å². The van der Waals surface area contributed by atoms with Gasteiger partial charge in [-0.05, 0) is 43.4 Å². The van der Waals surface area contributed by atoms with Gasteiger partial charge in [-0.25, -0.2) is 9.48 Å². The first-order valence-corrected chi connectivity index (χ1v) is 10.5. The molecule has 8 nitrogen and oxygen atoms in total. The van der Waals surface area contributed by atoms with Crippen molar-refractivity contribution in [3.05, 3.63) is 57.7 Å². The molecule has 1 aliphatic rings. The van der Waals surface area contributed by atoms with E-state index < -0.39 is 11.9 Å². The van der Waals surface area contributed by atoms with E-state index >= 15 is 0 Å². The number of aromatic nitrogens is 3. The number of carbonyl (C=O) groups is 2. The number of nitrogens with zero attached hydrogens (tertiary/aromatic N) is 3. The monoisotopic (exact) mass is 426 g/mol. The van der Waals surface area contributed by atoms with Gasteiger partial charge in [-0.15, -0.1) is 16.4 Å². The predicted octanol–water partition coefficient (Wildman–Crippen LogP) is 3.39. The number of rotatable bonds is 6. The molecule has 30 heavy (non-hydrogen) atoms. The topological polar surface area (TPSA) is 95.3 Å². The number of nitrogens with one attached hydrogen (secondary N) is 1. The third kappa shape index (κ3) is 3.73. The Labute approximate surface area is 177 Å². The Kier molecular flexibility index (Phi) is 5.91. The second kappa shape index (κ2) is 8.76. The largest absolute Gasteiger partial charge is 0.465 e. The molecule has 1 amide bonds. The average molecular weight is 426 g/mol. The van der Waals surface area contributed by atoms with Gasteiger partial charge in [-0.2, -0.15) is 0 Å². The molecule has 2 aromatic heterocycles. The number of hydrogen-bond donors (Lipinski definition) is 1. The lowest BCUT2D eigenvalue weighted by Crippen LogP contribution is -2.17. The third-order valence-corrected chi connectivity index (χ3v) is 6.26. The molecule has 4 rings (SSSR count). The molecule has 1 aliphatic carbocycles. The molecule has 0 spiro atoms. The Morgan fingerprint density at radius 2 is 1.93 bits per heavy atom. The second-order valence-electron chi connectivity index (χ2n) is 6.93. The summed E-state index contributed by atoms with van der Waals surface area (Å²) in [6, 6.07) is 9.41. The molecular formula is C21H22N4O4S. The molecule has 0 unspecified atom stereocenters. The number of esters is 1. The van der Waals surface area contributed by atoms with E-state index in [2.05, 4.69) is 15.6 Å². The van der Waals surface area contributed by atoms with Crippen LogP contribution in [0.4, 0.5) is 5.00 Å². The summed E-state index contributed by atoms with van der Waals surface area (Å²) >= 11 is 1.43.